The number of carboxylic acid groups (broad SMARTS) is 1. The zero-order chi connectivity index (χ0) is 11.2. The van der Waals surface area contributed by atoms with Crippen molar-refractivity contribution in [1.29, 1.82) is 0 Å². The van der Waals surface area contributed by atoms with Gasteiger partial charge < -0.3 is 9.67 Å². The number of aromatic carboxylic acids is 1. The fourth-order valence-corrected chi connectivity index (χ4v) is 2.02. The lowest BCUT2D eigenvalue weighted by Crippen LogP contribution is -1.96. The summed E-state index contributed by atoms with van der Waals surface area (Å²) in [5.74, 6) is -0.368. The van der Waals surface area contributed by atoms with Gasteiger partial charge in [0.05, 0.1) is 5.39 Å². The molecular formula is C9H8BrN3O2. The van der Waals surface area contributed by atoms with Gasteiger partial charge in [-0.3, -0.25) is 0 Å². The van der Waals surface area contributed by atoms with Crippen molar-refractivity contribution in [2.45, 2.75) is 6.92 Å². The van der Waals surface area contributed by atoms with E-state index in [2.05, 4.69) is 25.9 Å². The molecule has 0 aliphatic heterocycles. The molecule has 0 fully saturated rings. The van der Waals surface area contributed by atoms with E-state index in [1.54, 1.807) is 18.5 Å². The lowest BCUT2D eigenvalue weighted by molar-refractivity contribution is 0.0697. The first-order valence-electron chi connectivity index (χ1n) is 4.23. The zero-order valence-electron chi connectivity index (χ0n) is 8.15. The molecule has 1 N–H and O–H groups in total. The minimum Gasteiger partial charge on any atom is -0.478 e. The van der Waals surface area contributed by atoms with Crippen LogP contribution >= 0.6 is 15.9 Å². The Balaban J connectivity index is 2.93. The number of nitrogens with zero attached hydrogens (tertiary/aromatic N) is 3. The molecule has 6 heteroatoms. The first-order valence-corrected chi connectivity index (χ1v) is 5.02. The minimum atomic E-state index is -0.986. The van der Waals surface area contributed by atoms with Gasteiger partial charge in [-0.1, -0.05) is 0 Å². The number of carboxylic acids is 1. The van der Waals surface area contributed by atoms with E-state index in [0.717, 1.165) is 0 Å². The SMILES string of the molecule is Cc1ncc2c(C(=O)O)c(Br)n(C)c2n1. The monoisotopic (exact) mass is 269 g/mol. The summed E-state index contributed by atoms with van der Waals surface area (Å²) in [5, 5.41) is 9.59. The second-order valence-electron chi connectivity index (χ2n) is 3.18. The van der Waals surface area contributed by atoms with Gasteiger partial charge in [-0.15, -0.1) is 0 Å². The molecule has 0 aliphatic carbocycles. The predicted octanol–water partition coefficient (Wildman–Crippen LogP) is 1.74. The van der Waals surface area contributed by atoms with Crippen molar-refractivity contribution in [3.63, 3.8) is 0 Å². The summed E-state index contributed by atoms with van der Waals surface area (Å²) >= 11 is 3.23. The van der Waals surface area contributed by atoms with E-state index in [1.165, 1.54) is 6.20 Å². The highest BCUT2D eigenvalue weighted by atomic mass is 79.9. The van der Waals surface area contributed by atoms with Crippen LogP contribution in [0.5, 0.6) is 0 Å². The molecular weight excluding hydrogens is 262 g/mol. The lowest BCUT2D eigenvalue weighted by atomic mass is 10.2. The van der Waals surface area contributed by atoms with Gasteiger partial charge in [0, 0.05) is 13.2 Å². The van der Waals surface area contributed by atoms with Gasteiger partial charge in [0.25, 0.3) is 0 Å². The molecule has 2 heterocycles. The Kier molecular flexibility index (Phi) is 2.22. The Morgan fingerprint density at radius 3 is 2.87 bits per heavy atom. The van der Waals surface area contributed by atoms with Crippen LogP contribution in [0.4, 0.5) is 0 Å². The fraction of sp³-hybridized carbons (Fsp3) is 0.222. The van der Waals surface area contributed by atoms with Crippen LogP contribution in [0.15, 0.2) is 10.8 Å². The molecule has 2 aromatic heterocycles. The van der Waals surface area contributed by atoms with Gasteiger partial charge in [-0.05, 0) is 22.9 Å². The normalized spacial score (nSPS) is 10.9. The van der Waals surface area contributed by atoms with E-state index in [1.807, 2.05) is 0 Å². The number of carbonyl (C=O) groups is 1. The smallest absolute Gasteiger partial charge is 0.339 e. The zero-order valence-corrected chi connectivity index (χ0v) is 9.74. The van der Waals surface area contributed by atoms with Crippen molar-refractivity contribution in [2.24, 2.45) is 7.05 Å². The van der Waals surface area contributed by atoms with Crippen LogP contribution in [0, 0.1) is 6.92 Å². The molecule has 0 aliphatic rings. The van der Waals surface area contributed by atoms with Crippen LogP contribution in [0.1, 0.15) is 16.2 Å². The first-order chi connectivity index (χ1) is 7.02. The highest BCUT2D eigenvalue weighted by Gasteiger charge is 2.19. The summed E-state index contributed by atoms with van der Waals surface area (Å²) in [5.41, 5.74) is 0.819. The Labute approximate surface area is 93.9 Å². The Morgan fingerprint density at radius 1 is 1.60 bits per heavy atom. The molecule has 0 radical (unpaired) electrons. The molecule has 0 aromatic carbocycles. The van der Waals surface area contributed by atoms with Crippen LogP contribution in [-0.2, 0) is 7.05 Å². The van der Waals surface area contributed by atoms with Crippen molar-refractivity contribution in [3.8, 4) is 0 Å². The topological polar surface area (TPSA) is 68.0 Å². The Hall–Kier alpha value is -1.43. The van der Waals surface area contributed by atoms with Crippen LogP contribution in [0.25, 0.3) is 11.0 Å². The van der Waals surface area contributed by atoms with Crippen LogP contribution in [0.3, 0.4) is 0 Å². The molecule has 0 saturated carbocycles. The third kappa shape index (κ3) is 1.41. The van der Waals surface area contributed by atoms with E-state index in [4.69, 9.17) is 5.11 Å². The highest BCUT2D eigenvalue weighted by Crippen LogP contribution is 2.27. The van der Waals surface area contributed by atoms with Crippen molar-refractivity contribution in [2.75, 3.05) is 0 Å². The summed E-state index contributed by atoms with van der Waals surface area (Å²) in [6.07, 6.45) is 1.53. The number of halogens is 1. The number of rotatable bonds is 1. The molecule has 0 amide bonds. The first kappa shape index (κ1) is 10.1. The van der Waals surface area contributed by atoms with Gasteiger partial charge >= 0.3 is 5.97 Å². The number of hydrogen-bond acceptors (Lipinski definition) is 3. The fourth-order valence-electron chi connectivity index (χ4n) is 1.47. The summed E-state index contributed by atoms with van der Waals surface area (Å²) in [7, 11) is 1.76. The molecule has 15 heavy (non-hydrogen) atoms. The Bertz CT molecular complexity index is 562. The molecule has 5 nitrogen and oxygen atoms in total. The van der Waals surface area contributed by atoms with Gasteiger partial charge in [-0.2, -0.15) is 0 Å². The maximum atomic E-state index is 11.0. The standard InChI is InChI=1S/C9H8BrN3O2/c1-4-11-3-5-6(9(14)15)7(10)13(2)8(5)12-4/h3H,1-2H3,(H,14,15). The number of aryl methyl sites for hydroxylation is 2. The average Bonchev–Trinajstić information content (AvgIpc) is 2.41. The van der Waals surface area contributed by atoms with Crippen molar-refractivity contribution in [1.82, 2.24) is 14.5 Å². The van der Waals surface area contributed by atoms with Gasteiger partial charge in [0.15, 0.2) is 0 Å². The number of fused-ring (bicyclic) bond motifs is 1. The van der Waals surface area contributed by atoms with Gasteiger partial charge in [0.2, 0.25) is 0 Å². The molecule has 0 saturated heterocycles. The second kappa shape index (κ2) is 3.30. The number of hydrogen-bond donors (Lipinski definition) is 1. The van der Waals surface area contributed by atoms with Gasteiger partial charge in [0.1, 0.15) is 21.6 Å². The molecule has 78 valence electrons. The summed E-state index contributed by atoms with van der Waals surface area (Å²) in [6.45, 7) is 1.76. The second-order valence-corrected chi connectivity index (χ2v) is 3.94. The van der Waals surface area contributed by atoms with Crippen LogP contribution in [0.2, 0.25) is 0 Å². The molecule has 2 rings (SSSR count). The van der Waals surface area contributed by atoms with Gasteiger partial charge in [-0.25, -0.2) is 14.8 Å². The minimum absolute atomic E-state index is 0.201. The van der Waals surface area contributed by atoms with E-state index < -0.39 is 5.97 Å². The van der Waals surface area contributed by atoms with E-state index >= 15 is 0 Å². The summed E-state index contributed by atoms with van der Waals surface area (Å²) in [4.78, 5) is 19.2. The van der Waals surface area contributed by atoms with Crippen LogP contribution in [-0.4, -0.2) is 25.6 Å². The summed E-state index contributed by atoms with van der Waals surface area (Å²) in [6, 6.07) is 0. The van der Waals surface area contributed by atoms with Crippen molar-refractivity contribution < 1.29 is 9.90 Å². The lowest BCUT2D eigenvalue weighted by Gasteiger charge is -1.96. The summed E-state index contributed by atoms with van der Waals surface area (Å²) < 4.78 is 2.19. The van der Waals surface area contributed by atoms with E-state index in [9.17, 15) is 4.79 Å². The van der Waals surface area contributed by atoms with Crippen molar-refractivity contribution in [3.05, 3.63) is 22.2 Å². The third-order valence-electron chi connectivity index (χ3n) is 2.19. The Morgan fingerprint density at radius 2 is 2.27 bits per heavy atom. The van der Waals surface area contributed by atoms with Crippen molar-refractivity contribution >= 4 is 32.9 Å². The third-order valence-corrected chi connectivity index (χ3v) is 3.12. The maximum Gasteiger partial charge on any atom is 0.339 e. The molecule has 2 aromatic rings. The average molecular weight is 270 g/mol. The molecule has 0 atom stereocenters. The molecule has 0 spiro atoms. The predicted molar refractivity (Wildman–Crippen MR) is 57.9 cm³/mol. The largest absolute Gasteiger partial charge is 0.478 e. The molecule has 0 bridgehead atoms. The quantitative estimate of drug-likeness (QED) is 0.856. The van der Waals surface area contributed by atoms with E-state index in [0.29, 0.717) is 21.5 Å². The van der Waals surface area contributed by atoms with Crippen LogP contribution < -0.4 is 0 Å². The molecule has 0 unspecified atom stereocenters. The highest BCUT2D eigenvalue weighted by molar-refractivity contribution is 9.10. The maximum absolute atomic E-state index is 11.0. The number of aromatic nitrogens is 3. The van der Waals surface area contributed by atoms with E-state index in [-0.39, 0.29) is 5.56 Å².